The van der Waals surface area contributed by atoms with Gasteiger partial charge in [-0.3, -0.25) is 0 Å². The van der Waals surface area contributed by atoms with Crippen LogP contribution in [0.3, 0.4) is 0 Å². The van der Waals surface area contributed by atoms with Crippen LogP contribution in [-0.4, -0.2) is 26.2 Å². The van der Waals surface area contributed by atoms with Crippen molar-refractivity contribution in [2.24, 2.45) is 0 Å². The van der Waals surface area contributed by atoms with Crippen molar-refractivity contribution < 1.29 is 0 Å². The maximum atomic E-state index is 2.45. The first kappa shape index (κ1) is 9.43. The fraction of sp³-hybridized carbons (Fsp3) is 1.00. The Bertz CT molecular complexity index is 61.5. The van der Waals surface area contributed by atoms with Crippen LogP contribution in [-0.2, 0) is 0 Å². The van der Waals surface area contributed by atoms with Crippen molar-refractivity contribution in [3.63, 3.8) is 0 Å². The Morgan fingerprint density at radius 2 is 1.56 bits per heavy atom. The molecule has 0 rings (SSSR count). The van der Waals surface area contributed by atoms with Crippen LogP contribution in [0.4, 0.5) is 0 Å². The number of hydrogen-bond acceptors (Lipinski definition) is 0. The third-order valence-corrected chi connectivity index (χ3v) is 3.38. The van der Waals surface area contributed by atoms with Crippen LogP contribution in [0.15, 0.2) is 0 Å². The molecule has 0 saturated carbocycles. The Morgan fingerprint density at radius 1 is 1.00 bits per heavy atom. The van der Waals surface area contributed by atoms with E-state index in [2.05, 4.69) is 26.9 Å². The molecule has 0 unspecified atom stereocenters. The van der Waals surface area contributed by atoms with Crippen molar-refractivity contribution >= 4 is 7.26 Å². The predicted molar refractivity (Wildman–Crippen MR) is 50.5 cm³/mol. The van der Waals surface area contributed by atoms with E-state index < -0.39 is 7.26 Å². The minimum absolute atomic E-state index is 0.694. The summed E-state index contributed by atoms with van der Waals surface area (Å²) in [4.78, 5) is 0. The standard InChI is InChI=1S/C8H21P/c1-5-6-7-8-9(2,3)4/h9H,5-8H2,1-4H3. The first-order chi connectivity index (χ1) is 4.06. The van der Waals surface area contributed by atoms with Crippen LogP contribution in [0.1, 0.15) is 26.2 Å². The van der Waals surface area contributed by atoms with Gasteiger partial charge in [-0.1, -0.05) is 0 Å². The van der Waals surface area contributed by atoms with Gasteiger partial charge in [-0.2, -0.15) is 0 Å². The summed E-state index contributed by atoms with van der Waals surface area (Å²) in [6, 6.07) is 0. The van der Waals surface area contributed by atoms with Gasteiger partial charge in [0.25, 0.3) is 0 Å². The van der Waals surface area contributed by atoms with Crippen molar-refractivity contribution in [3.8, 4) is 0 Å². The summed E-state index contributed by atoms with van der Waals surface area (Å²) in [5, 5.41) is 0. The SMILES string of the molecule is CCCCC[PH](C)(C)C. The molecule has 0 aliphatic heterocycles. The summed E-state index contributed by atoms with van der Waals surface area (Å²) < 4.78 is 0. The van der Waals surface area contributed by atoms with Gasteiger partial charge < -0.3 is 0 Å². The summed E-state index contributed by atoms with van der Waals surface area (Å²) >= 11 is 0. The first-order valence-corrected chi connectivity index (χ1v) is 7.77. The second-order valence-electron chi connectivity index (χ2n) is 4.02. The second-order valence-corrected chi connectivity index (χ2v) is 9.64. The molecule has 0 heterocycles. The molecule has 0 aromatic carbocycles. The number of hydrogen-bond donors (Lipinski definition) is 0. The van der Waals surface area contributed by atoms with Gasteiger partial charge in [0.05, 0.1) is 0 Å². The van der Waals surface area contributed by atoms with Gasteiger partial charge in [0, 0.05) is 0 Å². The van der Waals surface area contributed by atoms with Gasteiger partial charge in [0.15, 0.2) is 0 Å². The quantitative estimate of drug-likeness (QED) is 0.425. The van der Waals surface area contributed by atoms with Crippen molar-refractivity contribution in [2.75, 3.05) is 26.2 Å². The van der Waals surface area contributed by atoms with E-state index in [0.29, 0.717) is 0 Å². The molecule has 0 atom stereocenters. The van der Waals surface area contributed by atoms with Gasteiger partial charge in [-0.25, -0.2) is 0 Å². The second kappa shape index (κ2) is 4.28. The van der Waals surface area contributed by atoms with Gasteiger partial charge >= 0.3 is 59.6 Å². The summed E-state index contributed by atoms with van der Waals surface area (Å²) in [7, 11) is -0.694. The average molecular weight is 148 g/mol. The molecule has 0 aromatic heterocycles. The van der Waals surface area contributed by atoms with Crippen molar-refractivity contribution in [2.45, 2.75) is 26.2 Å². The Labute approximate surface area is 60.4 Å². The molecule has 1 heteroatoms. The Kier molecular flexibility index (Phi) is 4.48. The first-order valence-electron chi connectivity index (χ1n) is 4.06. The summed E-state index contributed by atoms with van der Waals surface area (Å²) in [6.45, 7) is 9.61. The Balaban J connectivity index is 3.07. The molecule has 0 amide bonds. The van der Waals surface area contributed by atoms with Crippen LogP contribution >= 0.6 is 7.26 Å². The van der Waals surface area contributed by atoms with Crippen LogP contribution < -0.4 is 0 Å². The van der Waals surface area contributed by atoms with E-state index in [0.717, 1.165) is 0 Å². The fourth-order valence-corrected chi connectivity index (χ4v) is 2.22. The predicted octanol–water partition coefficient (Wildman–Crippen LogP) is 2.82. The average Bonchev–Trinajstić information content (AvgIpc) is 1.63. The zero-order valence-electron chi connectivity index (χ0n) is 7.33. The molecule has 9 heavy (non-hydrogen) atoms. The van der Waals surface area contributed by atoms with E-state index in [9.17, 15) is 0 Å². The molecular formula is C8H21P. The molecule has 0 aliphatic rings. The van der Waals surface area contributed by atoms with E-state index >= 15 is 0 Å². The molecule has 0 fully saturated rings. The summed E-state index contributed by atoms with van der Waals surface area (Å²) in [5.41, 5.74) is 0. The molecular weight excluding hydrogens is 127 g/mol. The van der Waals surface area contributed by atoms with Gasteiger partial charge in [0.2, 0.25) is 0 Å². The van der Waals surface area contributed by atoms with Crippen molar-refractivity contribution in [3.05, 3.63) is 0 Å². The zero-order valence-corrected chi connectivity index (χ0v) is 8.33. The molecule has 0 spiro atoms. The molecule has 0 saturated heterocycles. The monoisotopic (exact) mass is 148 g/mol. The fourth-order valence-electron chi connectivity index (χ4n) is 0.905. The Hall–Kier alpha value is 0.430. The van der Waals surface area contributed by atoms with Crippen molar-refractivity contribution in [1.82, 2.24) is 0 Å². The Morgan fingerprint density at radius 3 is 1.89 bits per heavy atom. The molecule has 0 aliphatic carbocycles. The summed E-state index contributed by atoms with van der Waals surface area (Å²) in [5.74, 6) is 0. The van der Waals surface area contributed by atoms with Crippen LogP contribution in [0.5, 0.6) is 0 Å². The van der Waals surface area contributed by atoms with Gasteiger partial charge in [-0.05, 0) is 0 Å². The molecule has 0 bridgehead atoms. The van der Waals surface area contributed by atoms with Gasteiger partial charge in [0.1, 0.15) is 0 Å². The third-order valence-electron chi connectivity index (χ3n) is 1.53. The number of unbranched alkanes of at least 4 members (excludes halogenated alkanes) is 2. The van der Waals surface area contributed by atoms with E-state index in [4.69, 9.17) is 0 Å². The van der Waals surface area contributed by atoms with Crippen LogP contribution in [0.2, 0.25) is 0 Å². The van der Waals surface area contributed by atoms with Crippen LogP contribution in [0.25, 0.3) is 0 Å². The van der Waals surface area contributed by atoms with Crippen LogP contribution in [0, 0.1) is 0 Å². The minimum atomic E-state index is -0.694. The topological polar surface area (TPSA) is 0 Å². The van der Waals surface area contributed by atoms with E-state index in [1.165, 1.54) is 25.4 Å². The molecule has 0 radical (unpaired) electrons. The molecule has 0 aromatic rings. The third kappa shape index (κ3) is 8.43. The zero-order chi connectivity index (χ0) is 7.33. The normalized spacial score (nSPS) is 13.8. The molecule has 0 N–H and O–H groups in total. The molecule has 0 nitrogen and oxygen atoms in total. The number of rotatable bonds is 4. The van der Waals surface area contributed by atoms with E-state index in [-0.39, 0.29) is 0 Å². The summed E-state index contributed by atoms with van der Waals surface area (Å²) in [6.07, 6.45) is 5.78. The van der Waals surface area contributed by atoms with E-state index in [1.807, 2.05) is 0 Å². The van der Waals surface area contributed by atoms with Gasteiger partial charge in [-0.15, -0.1) is 0 Å². The molecule has 58 valence electrons. The van der Waals surface area contributed by atoms with Crippen molar-refractivity contribution in [1.29, 1.82) is 0 Å². The van der Waals surface area contributed by atoms with E-state index in [1.54, 1.807) is 0 Å². The maximum absolute atomic E-state index is 2.45.